The van der Waals surface area contributed by atoms with Crippen molar-refractivity contribution in [2.45, 2.75) is 64.9 Å². The van der Waals surface area contributed by atoms with Gasteiger partial charge in [-0.15, -0.1) is 6.58 Å². The van der Waals surface area contributed by atoms with Crippen molar-refractivity contribution in [1.82, 2.24) is 0 Å². The first-order valence-electron chi connectivity index (χ1n) is 6.74. The molecular weight excluding hydrogens is 212 g/mol. The zero-order valence-corrected chi connectivity index (χ0v) is 11.6. The molecule has 98 valence electrons. The second-order valence-electron chi connectivity index (χ2n) is 5.84. The fourth-order valence-electron chi connectivity index (χ4n) is 2.57. The van der Waals surface area contributed by atoms with E-state index in [9.17, 15) is 4.79 Å². The number of Topliss-reactive ketones (excluding diaryl/α,β-unsaturated/α-hetero) is 1. The second kappa shape index (κ2) is 5.81. The smallest absolute Gasteiger partial charge is 0.164 e. The van der Waals surface area contributed by atoms with Gasteiger partial charge in [-0.2, -0.15) is 0 Å². The molecule has 0 bridgehead atoms. The van der Waals surface area contributed by atoms with Gasteiger partial charge in [0.1, 0.15) is 5.60 Å². The molecule has 0 spiro atoms. The largest absolute Gasteiger partial charge is 0.368 e. The molecule has 0 aromatic rings. The van der Waals surface area contributed by atoms with Gasteiger partial charge in [0.05, 0.1) is 0 Å². The Balaban J connectivity index is 2.70. The Kier molecular flexibility index (Phi) is 4.93. The highest BCUT2D eigenvalue weighted by atomic mass is 16.5. The van der Waals surface area contributed by atoms with Gasteiger partial charge >= 0.3 is 0 Å². The van der Waals surface area contributed by atoms with E-state index in [1.807, 2.05) is 13.0 Å². The third kappa shape index (κ3) is 3.67. The molecule has 1 fully saturated rings. The van der Waals surface area contributed by atoms with Crippen LogP contribution in [0.2, 0.25) is 0 Å². The summed E-state index contributed by atoms with van der Waals surface area (Å²) in [6, 6.07) is 0. The Morgan fingerprint density at radius 3 is 2.35 bits per heavy atom. The topological polar surface area (TPSA) is 26.3 Å². The predicted molar refractivity (Wildman–Crippen MR) is 71.0 cm³/mol. The third-order valence-electron chi connectivity index (χ3n) is 3.92. The van der Waals surface area contributed by atoms with E-state index >= 15 is 0 Å². The molecule has 1 aliphatic carbocycles. The van der Waals surface area contributed by atoms with Gasteiger partial charge in [-0.1, -0.05) is 19.9 Å². The molecule has 2 heteroatoms. The summed E-state index contributed by atoms with van der Waals surface area (Å²) in [5, 5.41) is 0. The lowest BCUT2D eigenvalue weighted by molar-refractivity contribution is -0.152. The fourth-order valence-corrected chi connectivity index (χ4v) is 2.57. The molecular formula is C15H26O2. The number of ether oxygens (including phenoxy) is 1. The number of allylic oxidation sites excluding steroid dienone is 1. The lowest BCUT2D eigenvalue weighted by Crippen LogP contribution is -2.46. The standard InChI is InChI=1S/C15H26O2/c1-5-7-8-13(16)15(17-6-2)11-9-14(3,4)10-12-15/h5H,1,6-12H2,2-4H3. The zero-order valence-electron chi connectivity index (χ0n) is 11.6. The maximum atomic E-state index is 12.3. The van der Waals surface area contributed by atoms with Crippen LogP contribution >= 0.6 is 0 Å². The van der Waals surface area contributed by atoms with Crippen LogP contribution in [0.25, 0.3) is 0 Å². The van der Waals surface area contributed by atoms with E-state index in [0.717, 1.165) is 32.1 Å². The molecule has 1 saturated carbocycles. The summed E-state index contributed by atoms with van der Waals surface area (Å²) in [5.74, 6) is 0.273. The summed E-state index contributed by atoms with van der Waals surface area (Å²) < 4.78 is 5.84. The van der Waals surface area contributed by atoms with Gasteiger partial charge in [-0.25, -0.2) is 0 Å². The molecule has 1 rings (SSSR count). The molecule has 17 heavy (non-hydrogen) atoms. The van der Waals surface area contributed by atoms with Crippen LogP contribution in [0.5, 0.6) is 0 Å². The summed E-state index contributed by atoms with van der Waals surface area (Å²) in [6.45, 7) is 10.8. The molecule has 0 amide bonds. The quantitative estimate of drug-likeness (QED) is 0.656. The summed E-state index contributed by atoms with van der Waals surface area (Å²) in [5.41, 5.74) is -0.132. The van der Waals surface area contributed by atoms with Crippen molar-refractivity contribution in [3.05, 3.63) is 12.7 Å². The van der Waals surface area contributed by atoms with Gasteiger partial charge in [-0.05, 0) is 44.4 Å². The van der Waals surface area contributed by atoms with Crippen LogP contribution < -0.4 is 0 Å². The fraction of sp³-hybridized carbons (Fsp3) is 0.800. The highest BCUT2D eigenvalue weighted by molar-refractivity contribution is 5.87. The average Bonchev–Trinajstić information content (AvgIpc) is 2.29. The highest BCUT2D eigenvalue weighted by Crippen LogP contribution is 2.43. The summed E-state index contributed by atoms with van der Waals surface area (Å²) in [4.78, 5) is 12.3. The first-order valence-corrected chi connectivity index (χ1v) is 6.74. The van der Waals surface area contributed by atoms with E-state index in [1.165, 1.54) is 0 Å². The lowest BCUT2D eigenvalue weighted by Gasteiger charge is -2.42. The Labute approximate surface area is 105 Å². The van der Waals surface area contributed by atoms with E-state index in [0.29, 0.717) is 18.4 Å². The van der Waals surface area contributed by atoms with Crippen molar-refractivity contribution in [3.8, 4) is 0 Å². The van der Waals surface area contributed by atoms with Gasteiger partial charge < -0.3 is 4.74 Å². The number of carbonyl (C=O) groups is 1. The van der Waals surface area contributed by atoms with Crippen molar-refractivity contribution >= 4 is 5.78 Å². The molecule has 0 aliphatic heterocycles. The molecule has 0 saturated heterocycles. The van der Waals surface area contributed by atoms with E-state index in [-0.39, 0.29) is 5.78 Å². The van der Waals surface area contributed by atoms with Gasteiger partial charge in [0, 0.05) is 13.0 Å². The summed E-state index contributed by atoms with van der Waals surface area (Å²) in [6.07, 6.45) is 7.05. The molecule has 2 nitrogen and oxygen atoms in total. The Morgan fingerprint density at radius 1 is 1.29 bits per heavy atom. The lowest BCUT2D eigenvalue weighted by atomic mass is 9.69. The molecule has 0 aromatic carbocycles. The molecule has 0 heterocycles. The number of rotatable bonds is 6. The summed E-state index contributed by atoms with van der Waals surface area (Å²) in [7, 11) is 0. The molecule has 0 aromatic heterocycles. The average molecular weight is 238 g/mol. The maximum Gasteiger partial charge on any atom is 0.164 e. The second-order valence-corrected chi connectivity index (χ2v) is 5.84. The predicted octanol–water partition coefficient (Wildman–Crippen LogP) is 3.90. The van der Waals surface area contributed by atoms with Crippen molar-refractivity contribution in [1.29, 1.82) is 0 Å². The number of hydrogen-bond acceptors (Lipinski definition) is 2. The minimum atomic E-state index is -0.493. The number of ketones is 1. The Morgan fingerprint density at radius 2 is 1.88 bits per heavy atom. The van der Waals surface area contributed by atoms with Crippen molar-refractivity contribution < 1.29 is 9.53 Å². The van der Waals surface area contributed by atoms with Gasteiger partial charge in [0.25, 0.3) is 0 Å². The first kappa shape index (κ1) is 14.4. The van der Waals surface area contributed by atoms with E-state index in [2.05, 4.69) is 20.4 Å². The van der Waals surface area contributed by atoms with Crippen molar-refractivity contribution in [3.63, 3.8) is 0 Å². The van der Waals surface area contributed by atoms with E-state index in [4.69, 9.17) is 4.74 Å². The van der Waals surface area contributed by atoms with E-state index < -0.39 is 5.60 Å². The minimum Gasteiger partial charge on any atom is -0.368 e. The van der Waals surface area contributed by atoms with Crippen LogP contribution in [0, 0.1) is 5.41 Å². The zero-order chi connectivity index (χ0) is 12.9. The normalized spacial score (nSPS) is 22.1. The van der Waals surface area contributed by atoms with Crippen LogP contribution in [0.4, 0.5) is 0 Å². The number of hydrogen-bond donors (Lipinski definition) is 0. The third-order valence-corrected chi connectivity index (χ3v) is 3.92. The minimum absolute atomic E-state index is 0.273. The van der Waals surface area contributed by atoms with Gasteiger partial charge in [0.15, 0.2) is 5.78 Å². The molecule has 0 atom stereocenters. The van der Waals surface area contributed by atoms with Crippen LogP contribution in [-0.4, -0.2) is 18.0 Å². The van der Waals surface area contributed by atoms with Crippen LogP contribution in [0.1, 0.15) is 59.3 Å². The highest BCUT2D eigenvalue weighted by Gasteiger charge is 2.43. The maximum absolute atomic E-state index is 12.3. The first-order chi connectivity index (χ1) is 7.96. The molecule has 0 radical (unpaired) electrons. The van der Waals surface area contributed by atoms with Crippen LogP contribution in [0.15, 0.2) is 12.7 Å². The van der Waals surface area contributed by atoms with E-state index in [1.54, 1.807) is 0 Å². The SMILES string of the molecule is C=CCCC(=O)C1(OCC)CCC(C)(C)CC1. The van der Waals surface area contributed by atoms with Crippen molar-refractivity contribution in [2.75, 3.05) is 6.61 Å². The molecule has 1 aliphatic rings. The van der Waals surface area contributed by atoms with Crippen LogP contribution in [0.3, 0.4) is 0 Å². The molecule has 0 unspecified atom stereocenters. The Bertz CT molecular complexity index is 269. The van der Waals surface area contributed by atoms with Crippen LogP contribution in [-0.2, 0) is 9.53 Å². The van der Waals surface area contributed by atoms with Crippen molar-refractivity contribution in [2.24, 2.45) is 5.41 Å². The van der Waals surface area contributed by atoms with Gasteiger partial charge in [-0.3, -0.25) is 4.79 Å². The molecule has 0 N–H and O–H groups in total. The Hall–Kier alpha value is -0.630. The monoisotopic (exact) mass is 238 g/mol. The summed E-state index contributed by atoms with van der Waals surface area (Å²) >= 11 is 0. The number of carbonyl (C=O) groups excluding carboxylic acids is 1. The van der Waals surface area contributed by atoms with Gasteiger partial charge in [0.2, 0.25) is 0 Å².